The van der Waals surface area contributed by atoms with Crippen molar-refractivity contribution in [1.29, 1.82) is 0 Å². The van der Waals surface area contributed by atoms with Crippen LogP contribution in [-0.2, 0) is 15.1 Å². The zero-order valence-electron chi connectivity index (χ0n) is 10.7. The van der Waals surface area contributed by atoms with E-state index in [1.165, 1.54) is 11.3 Å². The van der Waals surface area contributed by atoms with Gasteiger partial charge in [0.2, 0.25) is 5.91 Å². The van der Waals surface area contributed by atoms with Crippen molar-refractivity contribution < 1.29 is 14.6 Å². The summed E-state index contributed by atoms with van der Waals surface area (Å²) in [5.74, 6) is -0.0628. The van der Waals surface area contributed by atoms with Crippen molar-refractivity contribution in [2.75, 3.05) is 13.2 Å². The molecule has 4 nitrogen and oxygen atoms in total. The molecule has 1 aliphatic carbocycles. The van der Waals surface area contributed by atoms with Gasteiger partial charge in [0.15, 0.2) is 0 Å². The fourth-order valence-electron chi connectivity index (χ4n) is 1.91. The SMILES string of the molecule is CCOC1CC1C(=O)NCC(C)(O)c1ccsc1. The number of thiophene rings is 1. The van der Waals surface area contributed by atoms with Crippen LogP contribution in [0.4, 0.5) is 0 Å². The van der Waals surface area contributed by atoms with Crippen molar-refractivity contribution in [3.8, 4) is 0 Å². The Morgan fingerprint density at radius 2 is 2.50 bits per heavy atom. The van der Waals surface area contributed by atoms with Crippen LogP contribution in [0.15, 0.2) is 16.8 Å². The first-order valence-corrected chi connectivity index (χ1v) is 7.13. The largest absolute Gasteiger partial charge is 0.384 e. The average molecular weight is 269 g/mol. The monoisotopic (exact) mass is 269 g/mol. The van der Waals surface area contributed by atoms with Gasteiger partial charge in [-0.1, -0.05) is 0 Å². The molecule has 1 saturated carbocycles. The maximum atomic E-state index is 11.8. The Kier molecular flexibility index (Phi) is 4.04. The lowest BCUT2D eigenvalue weighted by Crippen LogP contribution is -2.39. The molecule has 0 saturated heterocycles. The van der Waals surface area contributed by atoms with Gasteiger partial charge < -0.3 is 15.2 Å². The van der Waals surface area contributed by atoms with Crippen LogP contribution in [-0.4, -0.2) is 30.3 Å². The Morgan fingerprint density at radius 3 is 3.11 bits per heavy atom. The number of nitrogens with one attached hydrogen (secondary N) is 1. The standard InChI is InChI=1S/C13H19NO3S/c1-3-17-11-6-10(11)12(15)14-8-13(2,16)9-4-5-18-7-9/h4-5,7,10-11,16H,3,6,8H2,1-2H3,(H,14,15). The van der Waals surface area contributed by atoms with Crippen LogP contribution < -0.4 is 5.32 Å². The summed E-state index contributed by atoms with van der Waals surface area (Å²) in [6.07, 6.45) is 0.862. The van der Waals surface area contributed by atoms with Gasteiger partial charge in [0.05, 0.1) is 18.6 Å². The normalized spacial score (nSPS) is 25.5. The summed E-state index contributed by atoms with van der Waals surface area (Å²) in [6.45, 7) is 4.51. The lowest BCUT2D eigenvalue weighted by molar-refractivity contribution is -0.124. The molecular formula is C13H19NO3S. The van der Waals surface area contributed by atoms with Crippen LogP contribution in [0.5, 0.6) is 0 Å². The predicted octanol–water partition coefficient (Wildman–Crippen LogP) is 1.50. The van der Waals surface area contributed by atoms with Crippen molar-refractivity contribution in [2.45, 2.75) is 32.0 Å². The second-order valence-corrected chi connectivity index (χ2v) is 5.62. The molecule has 3 unspecified atom stereocenters. The molecule has 2 N–H and O–H groups in total. The van der Waals surface area contributed by atoms with E-state index in [0.29, 0.717) is 6.61 Å². The molecule has 0 aliphatic heterocycles. The summed E-state index contributed by atoms with van der Waals surface area (Å²) in [6, 6.07) is 1.87. The fourth-order valence-corrected chi connectivity index (χ4v) is 2.69. The molecule has 3 atom stereocenters. The molecular weight excluding hydrogens is 250 g/mol. The molecule has 18 heavy (non-hydrogen) atoms. The molecule has 0 aromatic carbocycles. The number of aliphatic hydroxyl groups is 1. The molecule has 0 bridgehead atoms. The van der Waals surface area contributed by atoms with E-state index < -0.39 is 5.60 Å². The molecule has 1 fully saturated rings. The van der Waals surface area contributed by atoms with Crippen LogP contribution >= 0.6 is 11.3 Å². The Balaban J connectivity index is 1.80. The van der Waals surface area contributed by atoms with Crippen molar-refractivity contribution in [3.05, 3.63) is 22.4 Å². The molecule has 0 radical (unpaired) electrons. The molecule has 1 amide bonds. The minimum Gasteiger partial charge on any atom is -0.384 e. The van der Waals surface area contributed by atoms with Gasteiger partial charge in [0.1, 0.15) is 5.60 Å². The predicted molar refractivity (Wildman–Crippen MR) is 70.4 cm³/mol. The van der Waals surface area contributed by atoms with Gasteiger partial charge in [-0.25, -0.2) is 0 Å². The van der Waals surface area contributed by atoms with E-state index in [4.69, 9.17) is 4.74 Å². The number of carbonyl (C=O) groups is 1. The number of ether oxygens (including phenoxy) is 1. The Morgan fingerprint density at radius 1 is 1.72 bits per heavy atom. The zero-order chi connectivity index (χ0) is 13.2. The Hall–Kier alpha value is -0.910. The third kappa shape index (κ3) is 3.10. The molecule has 1 aromatic heterocycles. The lowest BCUT2D eigenvalue weighted by atomic mass is 9.99. The minimum absolute atomic E-state index is 0.0241. The summed E-state index contributed by atoms with van der Waals surface area (Å²) < 4.78 is 5.37. The molecule has 1 heterocycles. The van der Waals surface area contributed by atoms with E-state index >= 15 is 0 Å². The molecule has 2 rings (SSSR count). The highest BCUT2D eigenvalue weighted by atomic mass is 32.1. The third-order valence-electron chi connectivity index (χ3n) is 3.20. The zero-order valence-corrected chi connectivity index (χ0v) is 11.5. The van der Waals surface area contributed by atoms with Gasteiger partial charge in [-0.2, -0.15) is 11.3 Å². The van der Waals surface area contributed by atoms with Crippen molar-refractivity contribution in [1.82, 2.24) is 5.32 Å². The van der Waals surface area contributed by atoms with Crippen LogP contribution in [0.2, 0.25) is 0 Å². The lowest BCUT2D eigenvalue weighted by Gasteiger charge is -2.22. The highest BCUT2D eigenvalue weighted by Gasteiger charge is 2.44. The first-order chi connectivity index (χ1) is 8.54. The van der Waals surface area contributed by atoms with Crippen LogP contribution in [0, 0.1) is 5.92 Å². The van der Waals surface area contributed by atoms with E-state index in [1.54, 1.807) is 6.92 Å². The summed E-state index contributed by atoms with van der Waals surface area (Å²) >= 11 is 1.53. The highest BCUT2D eigenvalue weighted by molar-refractivity contribution is 7.08. The van der Waals surface area contributed by atoms with Crippen LogP contribution in [0.25, 0.3) is 0 Å². The second kappa shape index (κ2) is 5.38. The van der Waals surface area contributed by atoms with E-state index in [0.717, 1.165) is 12.0 Å². The molecule has 0 spiro atoms. The molecule has 1 aliphatic rings. The summed E-state index contributed by atoms with van der Waals surface area (Å²) in [4.78, 5) is 11.8. The van der Waals surface area contributed by atoms with Gasteiger partial charge in [0, 0.05) is 6.61 Å². The average Bonchev–Trinajstić information content (AvgIpc) is 2.89. The smallest absolute Gasteiger partial charge is 0.225 e. The topological polar surface area (TPSA) is 58.6 Å². The van der Waals surface area contributed by atoms with E-state index in [1.807, 2.05) is 23.8 Å². The maximum absolute atomic E-state index is 11.8. The summed E-state index contributed by atoms with van der Waals surface area (Å²) in [5, 5.41) is 16.9. The summed E-state index contributed by atoms with van der Waals surface area (Å²) in [5.41, 5.74) is -0.170. The summed E-state index contributed by atoms with van der Waals surface area (Å²) in [7, 11) is 0. The van der Waals surface area contributed by atoms with Gasteiger partial charge in [-0.3, -0.25) is 4.79 Å². The van der Waals surface area contributed by atoms with Gasteiger partial charge in [0.25, 0.3) is 0 Å². The molecule has 5 heteroatoms. The first-order valence-electron chi connectivity index (χ1n) is 6.19. The van der Waals surface area contributed by atoms with Crippen LogP contribution in [0.3, 0.4) is 0 Å². The fraction of sp³-hybridized carbons (Fsp3) is 0.615. The van der Waals surface area contributed by atoms with Crippen molar-refractivity contribution >= 4 is 17.2 Å². The Labute approximate surface area is 111 Å². The van der Waals surface area contributed by atoms with Gasteiger partial charge in [-0.15, -0.1) is 0 Å². The van der Waals surface area contributed by atoms with E-state index in [-0.39, 0.29) is 24.5 Å². The van der Waals surface area contributed by atoms with Crippen molar-refractivity contribution in [2.24, 2.45) is 5.92 Å². The van der Waals surface area contributed by atoms with Crippen LogP contribution in [0.1, 0.15) is 25.8 Å². The third-order valence-corrected chi connectivity index (χ3v) is 3.88. The van der Waals surface area contributed by atoms with E-state index in [9.17, 15) is 9.90 Å². The molecule has 100 valence electrons. The van der Waals surface area contributed by atoms with Gasteiger partial charge in [-0.05, 0) is 42.7 Å². The number of amides is 1. The highest BCUT2D eigenvalue weighted by Crippen LogP contribution is 2.34. The number of carbonyl (C=O) groups excluding carboxylic acids is 1. The molecule has 1 aromatic rings. The minimum atomic E-state index is -1.01. The number of hydrogen-bond donors (Lipinski definition) is 2. The quantitative estimate of drug-likeness (QED) is 0.822. The maximum Gasteiger partial charge on any atom is 0.225 e. The van der Waals surface area contributed by atoms with Crippen molar-refractivity contribution in [3.63, 3.8) is 0 Å². The second-order valence-electron chi connectivity index (χ2n) is 4.84. The number of rotatable bonds is 6. The first kappa shape index (κ1) is 13.5. The Bertz CT molecular complexity index is 402. The number of hydrogen-bond acceptors (Lipinski definition) is 4. The van der Waals surface area contributed by atoms with Gasteiger partial charge >= 0.3 is 0 Å². The van der Waals surface area contributed by atoms with E-state index in [2.05, 4.69) is 5.32 Å².